The molecule has 0 spiro atoms. The van der Waals surface area contributed by atoms with Crippen LogP contribution in [0, 0.1) is 0 Å². The van der Waals surface area contributed by atoms with Crippen LogP contribution in [0.2, 0.25) is 0 Å². The van der Waals surface area contributed by atoms with E-state index in [2.05, 4.69) is 53.9 Å². The second kappa shape index (κ2) is 6.06. The van der Waals surface area contributed by atoms with E-state index in [-0.39, 0.29) is 5.54 Å². The Labute approximate surface area is 117 Å². The van der Waals surface area contributed by atoms with E-state index in [0.717, 1.165) is 13.0 Å². The molecule has 1 aliphatic heterocycles. The quantitative estimate of drug-likeness (QED) is 0.856. The summed E-state index contributed by atoms with van der Waals surface area (Å²) in [5.41, 5.74) is 1.43. The molecular formula is C15H28N4. The maximum Gasteiger partial charge on any atom is 0.0671 e. The van der Waals surface area contributed by atoms with Crippen molar-refractivity contribution in [2.24, 2.45) is 0 Å². The van der Waals surface area contributed by atoms with Crippen LogP contribution in [0.1, 0.15) is 51.8 Å². The molecule has 2 heterocycles. The van der Waals surface area contributed by atoms with E-state index in [1.54, 1.807) is 0 Å². The lowest BCUT2D eigenvalue weighted by atomic mass is 9.90. The first kappa shape index (κ1) is 14.5. The van der Waals surface area contributed by atoms with Crippen LogP contribution in [0.5, 0.6) is 0 Å². The number of likely N-dealkylation sites (tertiary alicyclic amines) is 1. The number of nitrogens with zero attached hydrogens (tertiary/aromatic N) is 3. The first-order valence-corrected chi connectivity index (χ1v) is 7.55. The summed E-state index contributed by atoms with van der Waals surface area (Å²) < 4.78 is 2.15. The van der Waals surface area contributed by atoms with Crippen LogP contribution in [0.3, 0.4) is 0 Å². The third-order valence-electron chi connectivity index (χ3n) is 4.40. The van der Waals surface area contributed by atoms with Crippen molar-refractivity contribution in [3.05, 3.63) is 18.0 Å². The second-order valence-corrected chi connectivity index (χ2v) is 6.05. The Morgan fingerprint density at radius 1 is 1.37 bits per heavy atom. The lowest BCUT2D eigenvalue weighted by Crippen LogP contribution is -2.51. The van der Waals surface area contributed by atoms with Crippen LogP contribution < -0.4 is 5.32 Å². The minimum Gasteiger partial charge on any atom is -0.310 e. The number of nitrogens with one attached hydrogen (secondary N) is 1. The summed E-state index contributed by atoms with van der Waals surface area (Å²) in [5.74, 6) is 0. The van der Waals surface area contributed by atoms with E-state index < -0.39 is 0 Å². The van der Waals surface area contributed by atoms with E-state index in [1.165, 1.54) is 31.6 Å². The topological polar surface area (TPSA) is 33.1 Å². The van der Waals surface area contributed by atoms with Crippen molar-refractivity contribution in [3.8, 4) is 0 Å². The monoisotopic (exact) mass is 264 g/mol. The molecular weight excluding hydrogens is 236 g/mol. The molecule has 0 aliphatic carbocycles. The highest BCUT2D eigenvalue weighted by Gasteiger charge is 2.38. The molecule has 19 heavy (non-hydrogen) atoms. The molecule has 1 fully saturated rings. The van der Waals surface area contributed by atoms with Crippen LogP contribution >= 0.6 is 0 Å². The van der Waals surface area contributed by atoms with Crippen molar-refractivity contribution in [1.82, 2.24) is 20.0 Å². The van der Waals surface area contributed by atoms with Gasteiger partial charge in [-0.05, 0) is 59.3 Å². The van der Waals surface area contributed by atoms with Crippen LogP contribution in [0.15, 0.2) is 12.3 Å². The lowest BCUT2D eigenvalue weighted by Gasteiger charge is -2.42. The molecule has 0 amide bonds. The molecule has 2 rings (SSSR count). The zero-order valence-electron chi connectivity index (χ0n) is 12.8. The summed E-state index contributed by atoms with van der Waals surface area (Å²) in [6, 6.07) is 2.48. The average Bonchev–Trinajstić information content (AvgIpc) is 3.02. The fraction of sp³-hybridized carbons (Fsp3) is 0.800. The van der Waals surface area contributed by atoms with Crippen molar-refractivity contribution in [2.45, 2.75) is 58.2 Å². The van der Waals surface area contributed by atoms with Gasteiger partial charge in [-0.1, -0.05) is 6.92 Å². The van der Waals surface area contributed by atoms with Gasteiger partial charge < -0.3 is 5.32 Å². The number of hydrogen-bond donors (Lipinski definition) is 1. The molecule has 1 aromatic heterocycles. The predicted molar refractivity (Wildman–Crippen MR) is 79.2 cm³/mol. The highest BCUT2D eigenvalue weighted by Crippen LogP contribution is 2.33. The largest absolute Gasteiger partial charge is 0.310 e. The van der Waals surface area contributed by atoms with E-state index in [1.807, 2.05) is 6.20 Å². The van der Waals surface area contributed by atoms with Crippen LogP contribution in [0.4, 0.5) is 0 Å². The highest BCUT2D eigenvalue weighted by molar-refractivity contribution is 5.14. The molecule has 4 heteroatoms. The first-order valence-electron chi connectivity index (χ1n) is 7.55. The third-order valence-corrected chi connectivity index (χ3v) is 4.40. The summed E-state index contributed by atoms with van der Waals surface area (Å²) in [7, 11) is 2.06. The van der Waals surface area contributed by atoms with Gasteiger partial charge in [0.1, 0.15) is 0 Å². The van der Waals surface area contributed by atoms with Gasteiger partial charge in [-0.15, -0.1) is 0 Å². The molecule has 1 atom stereocenters. The standard InChI is InChI=1S/C15H28N4/c1-5-10-19-13(8-9-17-19)14(16-4)15(2,3)18-11-6-7-12-18/h8-9,14,16H,5-7,10-12H2,1-4H3. The lowest BCUT2D eigenvalue weighted by molar-refractivity contribution is 0.106. The molecule has 0 bridgehead atoms. The van der Waals surface area contributed by atoms with Gasteiger partial charge in [-0.25, -0.2) is 0 Å². The van der Waals surface area contributed by atoms with E-state index >= 15 is 0 Å². The van der Waals surface area contributed by atoms with Gasteiger partial charge in [0.05, 0.1) is 11.7 Å². The third kappa shape index (κ3) is 2.84. The van der Waals surface area contributed by atoms with Crippen molar-refractivity contribution in [2.75, 3.05) is 20.1 Å². The van der Waals surface area contributed by atoms with Crippen LogP contribution in [-0.4, -0.2) is 40.4 Å². The Balaban J connectivity index is 2.24. The summed E-state index contributed by atoms with van der Waals surface area (Å²) >= 11 is 0. The van der Waals surface area contributed by atoms with Crippen molar-refractivity contribution >= 4 is 0 Å². The molecule has 0 aromatic carbocycles. The number of aromatic nitrogens is 2. The van der Waals surface area contributed by atoms with Gasteiger partial charge >= 0.3 is 0 Å². The number of rotatable bonds is 6. The van der Waals surface area contributed by atoms with Gasteiger partial charge in [0.25, 0.3) is 0 Å². The molecule has 1 saturated heterocycles. The van der Waals surface area contributed by atoms with Crippen molar-refractivity contribution in [1.29, 1.82) is 0 Å². The smallest absolute Gasteiger partial charge is 0.0671 e. The Kier molecular flexibility index (Phi) is 4.63. The summed E-state index contributed by atoms with van der Waals surface area (Å²) in [5, 5.41) is 7.99. The molecule has 0 saturated carbocycles. The Bertz CT molecular complexity index is 391. The maximum absolute atomic E-state index is 4.47. The van der Waals surface area contributed by atoms with E-state index in [0.29, 0.717) is 6.04 Å². The summed E-state index contributed by atoms with van der Waals surface area (Å²) in [4.78, 5) is 2.61. The van der Waals surface area contributed by atoms with Gasteiger partial charge in [-0.3, -0.25) is 9.58 Å². The van der Waals surface area contributed by atoms with E-state index in [9.17, 15) is 0 Å². The molecule has 1 N–H and O–H groups in total. The zero-order chi connectivity index (χ0) is 13.9. The zero-order valence-corrected chi connectivity index (χ0v) is 12.8. The molecule has 4 nitrogen and oxygen atoms in total. The van der Waals surface area contributed by atoms with Crippen LogP contribution in [-0.2, 0) is 6.54 Å². The highest BCUT2D eigenvalue weighted by atomic mass is 15.3. The van der Waals surface area contributed by atoms with Gasteiger partial charge in [0.15, 0.2) is 0 Å². The molecule has 1 unspecified atom stereocenters. The Morgan fingerprint density at radius 2 is 2.05 bits per heavy atom. The van der Waals surface area contributed by atoms with Crippen molar-refractivity contribution < 1.29 is 0 Å². The molecule has 0 radical (unpaired) electrons. The number of aryl methyl sites for hydroxylation is 1. The normalized spacial score (nSPS) is 18.9. The average molecular weight is 264 g/mol. The van der Waals surface area contributed by atoms with Crippen LogP contribution in [0.25, 0.3) is 0 Å². The minimum absolute atomic E-state index is 0.122. The van der Waals surface area contributed by atoms with Gasteiger partial charge in [0.2, 0.25) is 0 Å². The second-order valence-electron chi connectivity index (χ2n) is 6.05. The van der Waals surface area contributed by atoms with Gasteiger partial charge in [0, 0.05) is 18.3 Å². The fourth-order valence-electron chi connectivity index (χ4n) is 3.33. The Hall–Kier alpha value is -0.870. The number of hydrogen-bond acceptors (Lipinski definition) is 3. The molecule has 1 aliphatic rings. The maximum atomic E-state index is 4.47. The van der Waals surface area contributed by atoms with Gasteiger partial charge in [-0.2, -0.15) is 5.10 Å². The SMILES string of the molecule is CCCn1nccc1C(NC)C(C)(C)N1CCCC1. The first-order chi connectivity index (χ1) is 9.11. The minimum atomic E-state index is 0.122. The summed E-state index contributed by atoms with van der Waals surface area (Å²) in [6.45, 7) is 10.3. The summed E-state index contributed by atoms with van der Waals surface area (Å²) in [6.07, 6.45) is 5.70. The molecule has 108 valence electrons. The van der Waals surface area contributed by atoms with E-state index in [4.69, 9.17) is 0 Å². The number of likely N-dealkylation sites (N-methyl/N-ethyl adjacent to an activating group) is 1. The molecule has 1 aromatic rings. The fourth-order valence-corrected chi connectivity index (χ4v) is 3.33. The predicted octanol–water partition coefficient (Wildman–Crippen LogP) is 2.43. The van der Waals surface area contributed by atoms with Crippen molar-refractivity contribution in [3.63, 3.8) is 0 Å². The Morgan fingerprint density at radius 3 is 2.63 bits per heavy atom.